The van der Waals surface area contributed by atoms with Crippen LogP contribution in [0.4, 0.5) is 10.1 Å². The molecule has 2 aromatic carbocycles. The van der Waals surface area contributed by atoms with Crippen LogP contribution in [-0.4, -0.2) is 18.8 Å². The molecule has 1 atom stereocenters. The molecule has 1 amide bonds. The Bertz CT molecular complexity index is 730. The van der Waals surface area contributed by atoms with Crippen LogP contribution in [-0.2, 0) is 10.5 Å². The first-order valence-corrected chi connectivity index (χ1v) is 6.36. The fourth-order valence-corrected chi connectivity index (χ4v) is 2.37. The van der Waals surface area contributed by atoms with Crippen molar-refractivity contribution in [1.82, 2.24) is 0 Å². The Hall–Kier alpha value is -2.69. The van der Waals surface area contributed by atoms with E-state index < -0.39 is 17.4 Å². The zero-order chi connectivity index (χ0) is 15.0. The molecule has 1 unspecified atom stereocenters. The minimum atomic E-state index is -2.72. The van der Waals surface area contributed by atoms with E-state index >= 15 is 4.39 Å². The predicted molar refractivity (Wildman–Crippen MR) is 75.2 cm³/mol. The molecule has 0 saturated heterocycles. The topological polar surface area (TPSA) is 55.4 Å². The molecule has 4 nitrogen and oxygen atoms in total. The number of anilines is 1. The highest BCUT2D eigenvalue weighted by atomic mass is 19.1. The summed E-state index contributed by atoms with van der Waals surface area (Å²) in [7, 11) is 1.45. The molecule has 21 heavy (non-hydrogen) atoms. The Morgan fingerprint density at radius 3 is 2.48 bits per heavy atom. The van der Waals surface area contributed by atoms with Crippen molar-refractivity contribution in [2.45, 2.75) is 5.67 Å². The standard InChI is InChI=1S/C16H12FNO3/c1-21-11-7-8-13-12(9-11)14(19)16(17,15(20)18-13)10-5-3-2-4-6-10/h2-9H,1H3,(H,18,20). The fraction of sp³-hybridized carbons (Fsp3) is 0.125. The number of Topliss-reactive ketones (excluding diaryl/α,β-unsaturated/α-hetero) is 1. The second kappa shape index (κ2) is 4.70. The summed E-state index contributed by atoms with van der Waals surface area (Å²) in [5.74, 6) is -1.43. The molecule has 0 fully saturated rings. The van der Waals surface area contributed by atoms with E-state index in [1.807, 2.05) is 0 Å². The Morgan fingerprint density at radius 1 is 1.10 bits per heavy atom. The van der Waals surface area contributed by atoms with E-state index in [-0.39, 0.29) is 16.8 Å². The monoisotopic (exact) mass is 285 g/mol. The summed E-state index contributed by atoms with van der Waals surface area (Å²) in [5.41, 5.74) is -2.32. The molecule has 0 radical (unpaired) electrons. The van der Waals surface area contributed by atoms with Crippen molar-refractivity contribution in [1.29, 1.82) is 0 Å². The van der Waals surface area contributed by atoms with Gasteiger partial charge in [-0.2, -0.15) is 0 Å². The molecule has 0 spiro atoms. The van der Waals surface area contributed by atoms with Crippen molar-refractivity contribution in [3.8, 4) is 5.75 Å². The van der Waals surface area contributed by atoms with Gasteiger partial charge in [-0.25, -0.2) is 4.39 Å². The van der Waals surface area contributed by atoms with Crippen molar-refractivity contribution in [3.63, 3.8) is 0 Å². The summed E-state index contributed by atoms with van der Waals surface area (Å²) in [5, 5.41) is 2.44. The third-order valence-corrected chi connectivity index (χ3v) is 3.52. The number of benzene rings is 2. The summed E-state index contributed by atoms with van der Waals surface area (Å²) < 4.78 is 20.2. The second-order valence-electron chi connectivity index (χ2n) is 4.72. The Morgan fingerprint density at radius 2 is 1.81 bits per heavy atom. The number of hydrogen-bond donors (Lipinski definition) is 1. The molecule has 1 aliphatic rings. The van der Waals surface area contributed by atoms with Gasteiger partial charge >= 0.3 is 0 Å². The van der Waals surface area contributed by atoms with E-state index in [0.717, 1.165) is 0 Å². The van der Waals surface area contributed by atoms with Crippen molar-refractivity contribution < 1.29 is 18.7 Å². The number of hydrogen-bond acceptors (Lipinski definition) is 3. The first-order valence-electron chi connectivity index (χ1n) is 6.36. The van der Waals surface area contributed by atoms with Gasteiger partial charge in [-0.1, -0.05) is 30.3 Å². The lowest BCUT2D eigenvalue weighted by molar-refractivity contribution is -0.125. The van der Waals surface area contributed by atoms with Crippen molar-refractivity contribution >= 4 is 17.4 Å². The van der Waals surface area contributed by atoms with Crippen molar-refractivity contribution in [2.24, 2.45) is 0 Å². The van der Waals surface area contributed by atoms with Crippen LogP contribution in [0.3, 0.4) is 0 Å². The molecule has 3 rings (SSSR count). The van der Waals surface area contributed by atoms with Crippen molar-refractivity contribution in [2.75, 3.05) is 12.4 Å². The molecule has 0 aromatic heterocycles. The van der Waals surface area contributed by atoms with Gasteiger partial charge in [0.1, 0.15) is 5.75 Å². The number of alkyl halides is 1. The van der Waals surface area contributed by atoms with E-state index in [1.165, 1.54) is 31.4 Å². The van der Waals surface area contributed by atoms with Gasteiger partial charge in [-0.3, -0.25) is 9.59 Å². The first kappa shape index (κ1) is 13.3. The molecule has 0 saturated carbocycles. The van der Waals surface area contributed by atoms with Gasteiger partial charge in [0.25, 0.3) is 11.6 Å². The minimum Gasteiger partial charge on any atom is -0.497 e. The second-order valence-corrected chi connectivity index (χ2v) is 4.72. The number of carbonyl (C=O) groups excluding carboxylic acids is 2. The van der Waals surface area contributed by atoms with Crippen LogP contribution in [0, 0.1) is 0 Å². The number of amides is 1. The molecule has 1 heterocycles. The summed E-state index contributed by atoms with van der Waals surface area (Å²) in [4.78, 5) is 24.6. The molecule has 5 heteroatoms. The highest BCUT2D eigenvalue weighted by Crippen LogP contribution is 2.39. The van der Waals surface area contributed by atoms with Gasteiger partial charge < -0.3 is 10.1 Å². The van der Waals surface area contributed by atoms with Crippen LogP contribution in [0.1, 0.15) is 15.9 Å². The maximum atomic E-state index is 15.2. The molecule has 1 aliphatic heterocycles. The maximum absolute atomic E-state index is 15.2. The Kier molecular flexibility index (Phi) is 2.97. The van der Waals surface area contributed by atoms with Crippen molar-refractivity contribution in [3.05, 3.63) is 59.7 Å². The average molecular weight is 285 g/mol. The SMILES string of the molecule is COc1ccc2c(c1)C(=O)C(F)(c1ccccc1)C(=O)N2. The van der Waals surface area contributed by atoms with Gasteiger partial charge in [-0.15, -0.1) is 0 Å². The smallest absolute Gasteiger partial charge is 0.275 e. The third-order valence-electron chi connectivity index (χ3n) is 3.52. The number of halogens is 1. The highest BCUT2D eigenvalue weighted by Gasteiger charge is 2.52. The molecular weight excluding hydrogens is 273 g/mol. The number of ketones is 1. The normalized spacial score (nSPS) is 20.7. The van der Waals surface area contributed by atoms with Crippen LogP contribution in [0.25, 0.3) is 0 Å². The van der Waals surface area contributed by atoms with Crippen LogP contribution in [0.15, 0.2) is 48.5 Å². The minimum absolute atomic E-state index is 0.0148. The number of methoxy groups -OCH3 is 1. The zero-order valence-electron chi connectivity index (χ0n) is 11.2. The molecule has 0 bridgehead atoms. The fourth-order valence-electron chi connectivity index (χ4n) is 2.37. The van der Waals surface area contributed by atoms with Gasteiger partial charge in [-0.05, 0) is 18.2 Å². The lowest BCUT2D eigenvalue weighted by atomic mass is 9.83. The van der Waals surface area contributed by atoms with Crippen LogP contribution >= 0.6 is 0 Å². The Balaban J connectivity index is 2.17. The van der Waals surface area contributed by atoms with Gasteiger partial charge in [0, 0.05) is 11.1 Å². The van der Waals surface area contributed by atoms with Gasteiger partial charge in [0.2, 0.25) is 5.78 Å². The van der Waals surface area contributed by atoms with E-state index in [1.54, 1.807) is 24.3 Å². The van der Waals surface area contributed by atoms with Crippen LogP contribution < -0.4 is 10.1 Å². The van der Waals surface area contributed by atoms with E-state index in [0.29, 0.717) is 5.75 Å². The summed E-state index contributed by atoms with van der Waals surface area (Å²) in [6, 6.07) is 12.2. The van der Waals surface area contributed by atoms with Gasteiger partial charge in [0.05, 0.1) is 12.8 Å². The maximum Gasteiger partial charge on any atom is 0.275 e. The quantitative estimate of drug-likeness (QED) is 0.863. The number of fused-ring (bicyclic) bond motifs is 1. The number of nitrogens with one attached hydrogen (secondary N) is 1. The third kappa shape index (κ3) is 1.89. The zero-order valence-corrected chi connectivity index (χ0v) is 11.2. The van der Waals surface area contributed by atoms with Crippen LogP contribution in [0.5, 0.6) is 5.75 Å². The Labute approximate surface area is 120 Å². The first-order chi connectivity index (χ1) is 10.1. The predicted octanol–water partition coefficient (Wildman–Crippen LogP) is 2.70. The van der Waals surface area contributed by atoms with Gasteiger partial charge in [0.15, 0.2) is 0 Å². The summed E-state index contributed by atoms with van der Waals surface area (Å²) in [6.07, 6.45) is 0. The van der Waals surface area contributed by atoms with E-state index in [2.05, 4.69) is 5.32 Å². The lowest BCUT2D eigenvalue weighted by Gasteiger charge is -2.29. The summed E-state index contributed by atoms with van der Waals surface area (Å²) in [6.45, 7) is 0. The molecular formula is C16H12FNO3. The number of rotatable bonds is 2. The average Bonchev–Trinajstić information content (AvgIpc) is 2.53. The van der Waals surface area contributed by atoms with Crippen LogP contribution in [0.2, 0.25) is 0 Å². The molecule has 1 N–H and O–H groups in total. The summed E-state index contributed by atoms with van der Waals surface area (Å²) >= 11 is 0. The molecule has 2 aromatic rings. The highest BCUT2D eigenvalue weighted by molar-refractivity contribution is 6.26. The van der Waals surface area contributed by atoms with E-state index in [4.69, 9.17) is 4.74 Å². The number of ether oxygens (including phenoxy) is 1. The largest absolute Gasteiger partial charge is 0.497 e. The molecule has 0 aliphatic carbocycles. The molecule has 106 valence electrons. The number of carbonyl (C=O) groups is 2. The lowest BCUT2D eigenvalue weighted by Crippen LogP contribution is -2.47. The van der Waals surface area contributed by atoms with E-state index in [9.17, 15) is 9.59 Å².